The van der Waals surface area contributed by atoms with Crippen LogP contribution in [0.3, 0.4) is 0 Å². The van der Waals surface area contributed by atoms with Gasteiger partial charge in [0, 0.05) is 6.20 Å². The number of nitrogens with one attached hydrogen (secondary N) is 2. The van der Waals surface area contributed by atoms with Gasteiger partial charge >= 0.3 is 0 Å². The Bertz CT molecular complexity index is 469. The molecule has 1 fully saturated rings. The maximum atomic E-state index is 12.0. The number of nitrogens with two attached hydrogens (primary N) is 1. The molecule has 0 radical (unpaired) electrons. The first-order chi connectivity index (χ1) is 9.60. The van der Waals surface area contributed by atoms with Crippen LogP contribution in [0.15, 0.2) is 24.5 Å². The van der Waals surface area contributed by atoms with Gasteiger partial charge in [-0.05, 0) is 25.0 Å². The van der Waals surface area contributed by atoms with Crippen molar-refractivity contribution >= 4 is 17.5 Å². The first-order valence-corrected chi connectivity index (χ1v) is 6.87. The van der Waals surface area contributed by atoms with Crippen molar-refractivity contribution in [3.05, 3.63) is 24.5 Å². The van der Waals surface area contributed by atoms with Crippen molar-refractivity contribution < 1.29 is 9.59 Å². The Morgan fingerprint density at radius 1 is 1.30 bits per heavy atom. The molecule has 2 rings (SSSR count). The monoisotopic (exact) mass is 276 g/mol. The zero-order valence-electron chi connectivity index (χ0n) is 11.4. The molecule has 0 atom stereocenters. The summed E-state index contributed by atoms with van der Waals surface area (Å²) in [5, 5.41) is 5.27. The number of nitrogens with zero attached hydrogens (tertiary/aromatic N) is 1. The van der Waals surface area contributed by atoms with E-state index in [1.165, 1.54) is 0 Å². The number of aromatic nitrogens is 1. The molecular weight excluding hydrogens is 256 g/mol. The normalized spacial score (nSPS) is 17.2. The Hall–Kier alpha value is -1.95. The van der Waals surface area contributed by atoms with Gasteiger partial charge in [-0.25, -0.2) is 0 Å². The standard InChI is InChI=1S/C14H20N4O2/c15-14(6-2-1-3-7-14)13(20)17-10-12(19)18-11-5-4-8-16-9-11/h4-5,8-9H,1-3,6-7,10,15H2,(H,17,20)(H,18,19). The van der Waals surface area contributed by atoms with Gasteiger partial charge in [0.1, 0.15) is 0 Å². The molecular formula is C14H20N4O2. The molecule has 0 bridgehead atoms. The van der Waals surface area contributed by atoms with Crippen LogP contribution in [-0.2, 0) is 9.59 Å². The maximum absolute atomic E-state index is 12.0. The Labute approximate surface area is 118 Å². The van der Waals surface area contributed by atoms with Crippen LogP contribution >= 0.6 is 0 Å². The average molecular weight is 276 g/mol. The molecule has 1 aliphatic rings. The highest BCUT2D eigenvalue weighted by Crippen LogP contribution is 2.25. The minimum absolute atomic E-state index is 0.0767. The quantitative estimate of drug-likeness (QED) is 0.757. The summed E-state index contributed by atoms with van der Waals surface area (Å²) in [5.74, 6) is -0.524. The molecule has 6 heteroatoms. The predicted molar refractivity (Wildman–Crippen MR) is 75.9 cm³/mol. The highest BCUT2D eigenvalue weighted by molar-refractivity contribution is 5.96. The Morgan fingerprint density at radius 2 is 2.05 bits per heavy atom. The predicted octanol–water partition coefficient (Wildman–Crippen LogP) is 0.798. The van der Waals surface area contributed by atoms with Crippen molar-refractivity contribution in [1.29, 1.82) is 0 Å². The Balaban J connectivity index is 1.79. The summed E-state index contributed by atoms with van der Waals surface area (Å²) >= 11 is 0. The number of hydrogen-bond acceptors (Lipinski definition) is 4. The molecule has 0 aromatic carbocycles. The van der Waals surface area contributed by atoms with Gasteiger partial charge in [0.05, 0.1) is 24.0 Å². The maximum Gasteiger partial charge on any atom is 0.243 e. The fourth-order valence-corrected chi connectivity index (χ4v) is 2.39. The lowest BCUT2D eigenvalue weighted by Crippen LogP contribution is -2.56. The summed E-state index contributed by atoms with van der Waals surface area (Å²) in [6, 6.07) is 3.46. The van der Waals surface area contributed by atoms with Crippen LogP contribution in [0.1, 0.15) is 32.1 Å². The zero-order valence-corrected chi connectivity index (χ0v) is 11.4. The van der Waals surface area contributed by atoms with Crippen LogP contribution < -0.4 is 16.4 Å². The summed E-state index contributed by atoms with van der Waals surface area (Å²) in [6.07, 6.45) is 7.58. The van der Waals surface area contributed by atoms with Crippen LogP contribution in [-0.4, -0.2) is 28.9 Å². The molecule has 0 aliphatic heterocycles. The summed E-state index contributed by atoms with van der Waals surface area (Å²) in [6.45, 7) is -0.0767. The van der Waals surface area contributed by atoms with Crippen molar-refractivity contribution in [3.8, 4) is 0 Å². The lowest BCUT2D eigenvalue weighted by molar-refractivity contribution is -0.129. The first-order valence-electron chi connectivity index (χ1n) is 6.87. The van der Waals surface area contributed by atoms with Crippen molar-refractivity contribution in [3.63, 3.8) is 0 Å². The van der Waals surface area contributed by atoms with E-state index < -0.39 is 5.54 Å². The molecule has 0 unspecified atom stereocenters. The zero-order chi connectivity index (χ0) is 14.4. The fourth-order valence-electron chi connectivity index (χ4n) is 2.39. The van der Waals surface area contributed by atoms with Gasteiger partial charge in [0.15, 0.2) is 0 Å². The minimum Gasteiger partial charge on any atom is -0.345 e. The number of carbonyl (C=O) groups excluding carboxylic acids is 2. The van der Waals surface area contributed by atoms with Crippen LogP contribution in [0.5, 0.6) is 0 Å². The van der Waals surface area contributed by atoms with E-state index >= 15 is 0 Å². The molecule has 1 heterocycles. The van der Waals surface area contributed by atoms with E-state index in [1.54, 1.807) is 24.5 Å². The third-order valence-electron chi connectivity index (χ3n) is 3.55. The summed E-state index contributed by atoms with van der Waals surface area (Å²) in [5.41, 5.74) is 5.88. The molecule has 1 aromatic heterocycles. The molecule has 1 aromatic rings. The van der Waals surface area contributed by atoms with Gasteiger partial charge in [-0.1, -0.05) is 19.3 Å². The van der Waals surface area contributed by atoms with Gasteiger partial charge in [-0.15, -0.1) is 0 Å². The molecule has 6 nitrogen and oxygen atoms in total. The van der Waals surface area contributed by atoms with E-state index in [-0.39, 0.29) is 18.4 Å². The second-order valence-corrected chi connectivity index (χ2v) is 5.19. The number of amides is 2. The van der Waals surface area contributed by atoms with Gasteiger partial charge in [-0.2, -0.15) is 0 Å². The molecule has 0 spiro atoms. The molecule has 2 amide bonds. The van der Waals surface area contributed by atoms with Crippen molar-refractivity contribution in [1.82, 2.24) is 10.3 Å². The van der Waals surface area contributed by atoms with E-state index in [2.05, 4.69) is 15.6 Å². The van der Waals surface area contributed by atoms with E-state index in [9.17, 15) is 9.59 Å². The van der Waals surface area contributed by atoms with E-state index in [0.717, 1.165) is 19.3 Å². The van der Waals surface area contributed by atoms with Crippen molar-refractivity contribution in [2.75, 3.05) is 11.9 Å². The van der Waals surface area contributed by atoms with Crippen LogP contribution in [0.2, 0.25) is 0 Å². The number of carbonyl (C=O) groups is 2. The SMILES string of the molecule is NC1(C(=O)NCC(=O)Nc2cccnc2)CCCCC1. The van der Waals surface area contributed by atoms with E-state index in [1.807, 2.05) is 0 Å². The number of anilines is 1. The van der Waals surface area contributed by atoms with Crippen LogP contribution in [0.4, 0.5) is 5.69 Å². The van der Waals surface area contributed by atoms with Gasteiger partial charge < -0.3 is 16.4 Å². The lowest BCUT2D eigenvalue weighted by Gasteiger charge is -2.31. The highest BCUT2D eigenvalue weighted by Gasteiger charge is 2.35. The summed E-state index contributed by atoms with van der Waals surface area (Å²) in [7, 11) is 0. The van der Waals surface area contributed by atoms with Gasteiger partial charge in [0.2, 0.25) is 11.8 Å². The third-order valence-corrected chi connectivity index (χ3v) is 3.55. The summed E-state index contributed by atoms with van der Waals surface area (Å²) < 4.78 is 0. The Kier molecular flexibility index (Phi) is 4.68. The second-order valence-electron chi connectivity index (χ2n) is 5.19. The Morgan fingerprint density at radius 3 is 2.70 bits per heavy atom. The van der Waals surface area contributed by atoms with Crippen LogP contribution in [0, 0.1) is 0 Å². The van der Waals surface area contributed by atoms with Crippen molar-refractivity contribution in [2.24, 2.45) is 5.73 Å². The van der Waals surface area contributed by atoms with Gasteiger partial charge in [-0.3, -0.25) is 14.6 Å². The molecule has 108 valence electrons. The van der Waals surface area contributed by atoms with E-state index in [4.69, 9.17) is 5.73 Å². The average Bonchev–Trinajstić information content (AvgIpc) is 2.46. The van der Waals surface area contributed by atoms with Gasteiger partial charge in [0.25, 0.3) is 0 Å². The molecule has 1 saturated carbocycles. The molecule has 20 heavy (non-hydrogen) atoms. The first kappa shape index (κ1) is 14.5. The topological polar surface area (TPSA) is 97.1 Å². The third kappa shape index (κ3) is 3.77. The second kappa shape index (κ2) is 6.47. The number of hydrogen-bond donors (Lipinski definition) is 3. The lowest BCUT2D eigenvalue weighted by atomic mass is 9.82. The highest BCUT2D eigenvalue weighted by atomic mass is 16.2. The van der Waals surface area contributed by atoms with Crippen molar-refractivity contribution in [2.45, 2.75) is 37.6 Å². The molecule has 1 aliphatic carbocycles. The fraction of sp³-hybridized carbons (Fsp3) is 0.500. The summed E-state index contributed by atoms with van der Waals surface area (Å²) in [4.78, 5) is 27.7. The number of pyridine rings is 1. The molecule has 4 N–H and O–H groups in total. The molecule has 0 saturated heterocycles. The number of rotatable bonds is 4. The van der Waals surface area contributed by atoms with E-state index in [0.29, 0.717) is 18.5 Å². The van der Waals surface area contributed by atoms with Crippen LogP contribution in [0.25, 0.3) is 0 Å². The smallest absolute Gasteiger partial charge is 0.243 e. The largest absolute Gasteiger partial charge is 0.345 e. The minimum atomic E-state index is -0.813.